The summed E-state index contributed by atoms with van der Waals surface area (Å²) in [5, 5.41) is 51.2. The number of phenolic OH excluding ortho intramolecular Hbond substituents is 4. The molecule has 0 atom stereocenters. The van der Waals surface area contributed by atoms with Gasteiger partial charge in [-0.25, -0.2) is 0 Å². The Balaban J connectivity index is 0.000000191. The number of likely N-dealkylation sites (N-methyl/N-ethyl adjacent to an activating group) is 2. The van der Waals surface area contributed by atoms with E-state index in [1.165, 1.54) is 21.3 Å². The molecule has 0 fully saturated rings. The summed E-state index contributed by atoms with van der Waals surface area (Å²) in [6.45, 7) is 1.68. The van der Waals surface area contributed by atoms with Gasteiger partial charge in [-0.2, -0.15) is 0 Å². The standard InChI is InChI=1S/C20H23NO4.C19H21NO4/c1-21(2)8-7-13-10-17(23)20(25-4)19-14(13)6-5-12-9-16(22)18(24-3)11-15(12)19;1-20-7-6-12-9-16(22)19(24-3)18-13(12)5-4-11-8-15(21)17(23-2)10-14(11)18/h5-6,9-11,22-23H,7-8H2,1-4H3;4-5,8-10,20-22H,6-7H2,1-3H3. The van der Waals surface area contributed by atoms with Crippen LogP contribution < -0.4 is 24.3 Å². The van der Waals surface area contributed by atoms with E-state index in [0.29, 0.717) is 23.0 Å². The second kappa shape index (κ2) is 14.8. The normalized spacial score (nSPS) is 11.3. The maximum atomic E-state index is 10.5. The first-order valence-electron chi connectivity index (χ1n) is 15.9. The van der Waals surface area contributed by atoms with Crippen molar-refractivity contribution in [3.05, 3.63) is 71.8 Å². The van der Waals surface area contributed by atoms with E-state index in [4.69, 9.17) is 18.9 Å². The highest BCUT2D eigenvalue weighted by Gasteiger charge is 2.18. The molecule has 10 nitrogen and oxygen atoms in total. The van der Waals surface area contributed by atoms with E-state index in [9.17, 15) is 20.4 Å². The van der Waals surface area contributed by atoms with E-state index >= 15 is 0 Å². The van der Waals surface area contributed by atoms with Crippen LogP contribution >= 0.6 is 0 Å². The van der Waals surface area contributed by atoms with Crippen molar-refractivity contribution in [2.24, 2.45) is 0 Å². The van der Waals surface area contributed by atoms with Crippen LogP contribution in [0, 0.1) is 0 Å². The predicted molar refractivity (Wildman–Crippen MR) is 196 cm³/mol. The molecule has 0 aliphatic carbocycles. The zero-order chi connectivity index (χ0) is 35.4. The molecule has 6 rings (SSSR count). The first-order chi connectivity index (χ1) is 23.6. The van der Waals surface area contributed by atoms with Crippen molar-refractivity contribution in [1.82, 2.24) is 10.2 Å². The number of nitrogens with zero attached hydrogens (tertiary/aromatic N) is 1. The summed E-state index contributed by atoms with van der Waals surface area (Å²) in [4.78, 5) is 2.11. The van der Waals surface area contributed by atoms with Crippen LogP contribution in [0.5, 0.6) is 46.0 Å². The van der Waals surface area contributed by atoms with E-state index in [2.05, 4.69) is 10.2 Å². The van der Waals surface area contributed by atoms with E-state index in [1.54, 1.807) is 43.5 Å². The molecule has 0 radical (unpaired) electrons. The monoisotopic (exact) mass is 668 g/mol. The maximum absolute atomic E-state index is 10.5. The van der Waals surface area contributed by atoms with Gasteiger partial charge in [0.25, 0.3) is 0 Å². The minimum Gasteiger partial charge on any atom is -0.504 e. The van der Waals surface area contributed by atoms with Crippen LogP contribution in [-0.2, 0) is 12.8 Å². The van der Waals surface area contributed by atoms with Gasteiger partial charge in [0, 0.05) is 17.3 Å². The van der Waals surface area contributed by atoms with E-state index in [1.807, 2.05) is 45.4 Å². The number of hydrogen-bond acceptors (Lipinski definition) is 10. The largest absolute Gasteiger partial charge is 0.504 e. The molecular formula is C39H44N2O8. The Hall–Kier alpha value is -5.32. The fourth-order valence-corrected chi connectivity index (χ4v) is 6.34. The lowest BCUT2D eigenvalue weighted by Crippen LogP contribution is -2.15. The average Bonchev–Trinajstić information content (AvgIpc) is 3.08. The number of phenols is 4. The summed E-state index contributed by atoms with van der Waals surface area (Å²) < 4.78 is 21.4. The average molecular weight is 669 g/mol. The molecule has 10 heteroatoms. The van der Waals surface area contributed by atoms with Crippen molar-refractivity contribution in [2.75, 3.05) is 62.7 Å². The second-order valence-corrected chi connectivity index (χ2v) is 12.0. The number of hydrogen-bond donors (Lipinski definition) is 5. The van der Waals surface area contributed by atoms with Crippen LogP contribution in [0.25, 0.3) is 43.1 Å². The Morgan fingerprint density at radius 2 is 1.00 bits per heavy atom. The number of ether oxygens (including phenoxy) is 4. The molecule has 0 amide bonds. The first-order valence-corrected chi connectivity index (χ1v) is 15.9. The quantitative estimate of drug-likeness (QED) is 0.100. The van der Waals surface area contributed by atoms with E-state index in [-0.39, 0.29) is 23.0 Å². The molecule has 6 aromatic rings. The molecule has 0 saturated carbocycles. The molecule has 0 saturated heterocycles. The Morgan fingerprint density at radius 3 is 1.39 bits per heavy atom. The molecular weight excluding hydrogens is 624 g/mol. The first kappa shape index (κ1) is 35.0. The number of benzene rings is 6. The SMILES string of the molecule is CNCCc1cc(O)c(OC)c2c1ccc1cc(O)c(OC)cc12.COc1cc2c(ccc3c(CCN(C)C)cc(O)c(OC)c32)cc1O. The van der Waals surface area contributed by atoms with Gasteiger partial charge in [0.15, 0.2) is 46.0 Å². The highest BCUT2D eigenvalue weighted by Crippen LogP contribution is 2.45. The minimum atomic E-state index is 0.0823. The summed E-state index contributed by atoms with van der Waals surface area (Å²) in [6.07, 6.45) is 1.59. The van der Waals surface area contributed by atoms with Gasteiger partial charge in [0.05, 0.1) is 28.4 Å². The summed E-state index contributed by atoms with van der Waals surface area (Å²) in [5.74, 6) is 2.02. The van der Waals surface area contributed by atoms with Gasteiger partial charge in [0.1, 0.15) is 0 Å². The summed E-state index contributed by atoms with van der Waals surface area (Å²) in [7, 11) is 12.1. The van der Waals surface area contributed by atoms with Crippen molar-refractivity contribution < 1.29 is 39.4 Å². The molecule has 0 spiro atoms. The highest BCUT2D eigenvalue weighted by molar-refractivity contribution is 6.14. The molecule has 0 bridgehead atoms. The van der Waals surface area contributed by atoms with Crippen molar-refractivity contribution in [2.45, 2.75) is 12.8 Å². The Labute approximate surface area is 285 Å². The van der Waals surface area contributed by atoms with Crippen molar-refractivity contribution >= 4 is 43.1 Å². The lowest BCUT2D eigenvalue weighted by Gasteiger charge is -2.17. The lowest BCUT2D eigenvalue weighted by atomic mass is 9.95. The second-order valence-electron chi connectivity index (χ2n) is 12.0. The van der Waals surface area contributed by atoms with Crippen LogP contribution in [0.3, 0.4) is 0 Å². The molecule has 0 aliphatic heterocycles. The third-order valence-corrected chi connectivity index (χ3v) is 8.75. The van der Waals surface area contributed by atoms with E-state index in [0.717, 1.165) is 80.1 Å². The summed E-state index contributed by atoms with van der Waals surface area (Å²) in [5.41, 5.74) is 2.09. The topological polar surface area (TPSA) is 133 Å². The van der Waals surface area contributed by atoms with Gasteiger partial charge in [0.2, 0.25) is 0 Å². The fraction of sp³-hybridized carbons (Fsp3) is 0.282. The Bertz CT molecular complexity index is 2150. The molecule has 49 heavy (non-hydrogen) atoms. The summed E-state index contributed by atoms with van der Waals surface area (Å²) in [6, 6.07) is 18.3. The van der Waals surface area contributed by atoms with Gasteiger partial charge in [-0.1, -0.05) is 24.3 Å². The number of methoxy groups -OCH3 is 4. The maximum Gasteiger partial charge on any atom is 0.168 e. The zero-order valence-corrected chi connectivity index (χ0v) is 29.0. The number of aromatic hydroxyl groups is 4. The van der Waals surface area contributed by atoms with Gasteiger partial charge >= 0.3 is 0 Å². The van der Waals surface area contributed by atoms with Gasteiger partial charge in [-0.3, -0.25) is 0 Å². The summed E-state index contributed by atoms with van der Waals surface area (Å²) >= 11 is 0. The molecule has 6 aromatic carbocycles. The van der Waals surface area contributed by atoms with Crippen LogP contribution in [0.2, 0.25) is 0 Å². The van der Waals surface area contributed by atoms with Gasteiger partial charge < -0.3 is 49.6 Å². The number of rotatable bonds is 10. The van der Waals surface area contributed by atoms with Crippen LogP contribution in [0.1, 0.15) is 11.1 Å². The predicted octanol–water partition coefficient (Wildman–Crippen LogP) is 6.71. The van der Waals surface area contributed by atoms with Crippen LogP contribution in [0.4, 0.5) is 0 Å². The number of fused-ring (bicyclic) bond motifs is 6. The molecule has 0 aromatic heterocycles. The molecule has 0 unspecified atom stereocenters. The smallest absolute Gasteiger partial charge is 0.168 e. The lowest BCUT2D eigenvalue weighted by molar-refractivity contribution is 0.374. The molecule has 0 aliphatic rings. The van der Waals surface area contributed by atoms with Crippen LogP contribution in [0.15, 0.2) is 60.7 Å². The van der Waals surface area contributed by atoms with E-state index < -0.39 is 0 Å². The minimum absolute atomic E-state index is 0.0823. The fourth-order valence-electron chi connectivity index (χ4n) is 6.34. The van der Waals surface area contributed by atoms with Crippen molar-refractivity contribution in [3.63, 3.8) is 0 Å². The van der Waals surface area contributed by atoms with Gasteiger partial charge in [-0.15, -0.1) is 0 Å². The molecule has 0 heterocycles. The third-order valence-electron chi connectivity index (χ3n) is 8.75. The van der Waals surface area contributed by atoms with Crippen molar-refractivity contribution in [1.29, 1.82) is 0 Å². The Kier molecular flexibility index (Phi) is 10.6. The van der Waals surface area contributed by atoms with Crippen LogP contribution in [-0.4, -0.2) is 88.0 Å². The highest BCUT2D eigenvalue weighted by atomic mass is 16.5. The van der Waals surface area contributed by atoms with Gasteiger partial charge in [-0.05, 0) is 120 Å². The molecule has 258 valence electrons. The Morgan fingerprint density at radius 1 is 0.551 bits per heavy atom. The van der Waals surface area contributed by atoms with Crippen molar-refractivity contribution in [3.8, 4) is 46.0 Å². The third kappa shape index (κ3) is 6.83. The molecule has 5 N–H and O–H groups in total. The number of nitrogens with one attached hydrogen (secondary N) is 1. The zero-order valence-electron chi connectivity index (χ0n) is 29.0.